The number of hydrogen-bond acceptors (Lipinski definition) is 4. The second-order valence-electron chi connectivity index (χ2n) is 4.10. The van der Waals surface area contributed by atoms with Crippen molar-refractivity contribution in [2.75, 3.05) is 5.73 Å². The quantitative estimate of drug-likeness (QED) is 0.657. The van der Waals surface area contributed by atoms with Gasteiger partial charge in [-0.1, -0.05) is 30.3 Å². The monoisotopic (exact) mass is 298 g/mol. The third kappa shape index (κ3) is 3.33. The van der Waals surface area contributed by atoms with Crippen molar-refractivity contribution in [3.63, 3.8) is 0 Å². The molecule has 2 rings (SSSR count). The largest absolute Gasteiger partial charge is 0.399 e. The van der Waals surface area contributed by atoms with Gasteiger partial charge in [0.15, 0.2) is 5.16 Å². The summed E-state index contributed by atoms with van der Waals surface area (Å²) in [7, 11) is 0. The van der Waals surface area contributed by atoms with Gasteiger partial charge in [0.05, 0.1) is 0 Å². The van der Waals surface area contributed by atoms with Crippen molar-refractivity contribution in [1.29, 1.82) is 0 Å². The highest BCUT2D eigenvalue weighted by molar-refractivity contribution is 7.98. The number of nitrogen functional groups attached to an aromatic ring is 1. The summed E-state index contributed by atoms with van der Waals surface area (Å²) in [6, 6.07) is 5.37. The fraction of sp³-hybridized carbons (Fsp3) is 0.333. The number of benzene rings is 1. The van der Waals surface area contributed by atoms with Crippen molar-refractivity contribution in [3.05, 3.63) is 39.3 Å². The molecule has 0 aliphatic heterocycles. The summed E-state index contributed by atoms with van der Waals surface area (Å²) in [5, 5.41) is 7.82. The Bertz CT molecular complexity index is 622. The molecule has 0 radical (unpaired) electrons. The Morgan fingerprint density at radius 2 is 2.32 bits per heavy atom. The van der Waals surface area contributed by atoms with Crippen LogP contribution in [0.2, 0.25) is 5.02 Å². The van der Waals surface area contributed by atoms with Crippen LogP contribution in [0.3, 0.4) is 0 Å². The van der Waals surface area contributed by atoms with E-state index < -0.39 is 0 Å². The highest BCUT2D eigenvalue weighted by Gasteiger charge is 2.09. The van der Waals surface area contributed by atoms with Crippen LogP contribution in [0.1, 0.15) is 18.9 Å². The molecule has 0 saturated carbocycles. The molecule has 0 unspecified atom stereocenters. The molecule has 19 heavy (non-hydrogen) atoms. The van der Waals surface area contributed by atoms with E-state index in [-0.39, 0.29) is 5.69 Å². The highest BCUT2D eigenvalue weighted by atomic mass is 35.5. The molecule has 0 fully saturated rings. The number of thioether (sulfide) groups is 1. The number of rotatable bonds is 5. The van der Waals surface area contributed by atoms with Gasteiger partial charge in [0.25, 0.3) is 0 Å². The molecular weight excluding hydrogens is 284 g/mol. The first kappa shape index (κ1) is 14.0. The van der Waals surface area contributed by atoms with Crippen LogP contribution in [0.25, 0.3) is 0 Å². The number of anilines is 1. The summed E-state index contributed by atoms with van der Waals surface area (Å²) < 4.78 is 1.63. The molecule has 0 amide bonds. The molecule has 7 heteroatoms. The minimum atomic E-state index is -0.178. The molecule has 2 aromatic rings. The van der Waals surface area contributed by atoms with E-state index in [0.29, 0.717) is 28.2 Å². The Kier molecular flexibility index (Phi) is 4.55. The first-order valence-corrected chi connectivity index (χ1v) is 7.30. The molecule has 1 aromatic carbocycles. The summed E-state index contributed by atoms with van der Waals surface area (Å²) >= 11 is 7.57. The smallest absolute Gasteiger partial charge is 0.343 e. The van der Waals surface area contributed by atoms with E-state index in [9.17, 15) is 4.79 Å². The van der Waals surface area contributed by atoms with Crippen molar-refractivity contribution in [1.82, 2.24) is 14.8 Å². The van der Waals surface area contributed by atoms with E-state index >= 15 is 0 Å². The summed E-state index contributed by atoms with van der Waals surface area (Å²) in [5.74, 6) is 0.623. The lowest BCUT2D eigenvalue weighted by Gasteiger charge is -2.06. The van der Waals surface area contributed by atoms with Crippen molar-refractivity contribution < 1.29 is 0 Å². The maximum absolute atomic E-state index is 11.5. The van der Waals surface area contributed by atoms with E-state index in [1.807, 2.05) is 13.0 Å². The lowest BCUT2D eigenvalue weighted by molar-refractivity contribution is 0.604. The second kappa shape index (κ2) is 6.16. The van der Waals surface area contributed by atoms with Gasteiger partial charge in [0, 0.05) is 23.0 Å². The molecule has 0 saturated heterocycles. The van der Waals surface area contributed by atoms with Crippen LogP contribution >= 0.6 is 23.4 Å². The van der Waals surface area contributed by atoms with E-state index in [4.69, 9.17) is 17.3 Å². The van der Waals surface area contributed by atoms with Gasteiger partial charge in [0.1, 0.15) is 0 Å². The predicted molar refractivity (Wildman–Crippen MR) is 78.6 cm³/mol. The average Bonchev–Trinajstić information content (AvgIpc) is 2.73. The maximum atomic E-state index is 11.5. The second-order valence-corrected chi connectivity index (χ2v) is 5.45. The van der Waals surface area contributed by atoms with Crippen molar-refractivity contribution in [2.45, 2.75) is 30.8 Å². The SMILES string of the molecule is CCCn1c(SCc2cc(N)ccc2Cl)n[nH]c1=O. The zero-order chi connectivity index (χ0) is 13.8. The lowest BCUT2D eigenvalue weighted by Crippen LogP contribution is -2.17. The van der Waals surface area contributed by atoms with Crippen LogP contribution in [0.15, 0.2) is 28.2 Å². The van der Waals surface area contributed by atoms with Gasteiger partial charge in [0.2, 0.25) is 0 Å². The normalized spacial score (nSPS) is 10.8. The van der Waals surface area contributed by atoms with Crippen LogP contribution in [0, 0.1) is 0 Å². The molecular formula is C12H15ClN4OS. The van der Waals surface area contributed by atoms with E-state index in [1.165, 1.54) is 11.8 Å². The van der Waals surface area contributed by atoms with E-state index in [1.54, 1.807) is 16.7 Å². The Morgan fingerprint density at radius 1 is 1.53 bits per heavy atom. The van der Waals surface area contributed by atoms with Gasteiger partial charge >= 0.3 is 5.69 Å². The first-order chi connectivity index (χ1) is 9.11. The molecule has 0 bridgehead atoms. The first-order valence-electron chi connectivity index (χ1n) is 5.93. The van der Waals surface area contributed by atoms with Crippen LogP contribution in [-0.2, 0) is 12.3 Å². The van der Waals surface area contributed by atoms with Gasteiger partial charge in [-0.25, -0.2) is 9.89 Å². The molecule has 5 nitrogen and oxygen atoms in total. The molecule has 1 heterocycles. The van der Waals surface area contributed by atoms with Crippen molar-refractivity contribution >= 4 is 29.1 Å². The fourth-order valence-corrected chi connectivity index (χ4v) is 2.91. The maximum Gasteiger partial charge on any atom is 0.343 e. The predicted octanol–water partition coefficient (Wildman–Crippen LogP) is 2.51. The van der Waals surface area contributed by atoms with Crippen LogP contribution in [0.4, 0.5) is 5.69 Å². The zero-order valence-electron chi connectivity index (χ0n) is 10.5. The Hall–Kier alpha value is -1.40. The number of halogens is 1. The molecule has 1 aromatic heterocycles. The fourth-order valence-electron chi connectivity index (χ4n) is 1.68. The number of nitrogens with zero attached hydrogens (tertiary/aromatic N) is 2. The molecule has 102 valence electrons. The third-order valence-corrected chi connectivity index (χ3v) is 3.99. The minimum Gasteiger partial charge on any atom is -0.399 e. The Balaban J connectivity index is 2.14. The summed E-state index contributed by atoms with van der Waals surface area (Å²) in [6.45, 7) is 2.67. The number of hydrogen-bond donors (Lipinski definition) is 2. The Morgan fingerprint density at radius 3 is 3.05 bits per heavy atom. The average molecular weight is 299 g/mol. The van der Waals surface area contributed by atoms with Gasteiger partial charge in [-0.3, -0.25) is 4.57 Å². The van der Waals surface area contributed by atoms with Crippen molar-refractivity contribution in [2.24, 2.45) is 0 Å². The minimum absolute atomic E-state index is 0.178. The number of H-pyrrole nitrogens is 1. The molecule has 0 aliphatic carbocycles. The number of aromatic amines is 1. The van der Waals surface area contributed by atoms with E-state index in [0.717, 1.165) is 12.0 Å². The topological polar surface area (TPSA) is 76.7 Å². The standard InChI is InChI=1S/C12H15ClN4OS/c1-2-5-17-11(18)15-16-12(17)19-7-8-6-9(14)3-4-10(8)13/h3-4,6H,2,5,7,14H2,1H3,(H,15,18). The Labute approximate surface area is 120 Å². The van der Waals surface area contributed by atoms with Gasteiger partial charge in [-0.2, -0.15) is 0 Å². The highest BCUT2D eigenvalue weighted by Crippen LogP contribution is 2.26. The van der Waals surface area contributed by atoms with E-state index in [2.05, 4.69) is 10.2 Å². The summed E-state index contributed by atoms with van der Waals surface area (Å²) in [4.78, 5) is 11.5. The van der Waals surface area contributed by atoms with Gasteiger partial charge in [-0.05, 0) is 30.2 Å². The van der Waals surface area contributed by atoms with Crippen LogP contribution < -0.4 is 11.4 Å². The molecule has 0 spiro atoms. The van der Waals surface area contributed by atoms with Crippen LogP contribution in [-0.4, -0.2) is 14.8 Å². The number of aromatic nitrogens is 3. The number of nitrogens with two attached hydrogens (primary N) is 1. The molecule has 3 N–H and O–H groups in total. The number of nitrogens with one attached hydrogen (secondary N) is 1. The van der Waals surface area contributed by atoms with Crippen LogP contribution in [0.5, 0.6) is 0 Å². The molecule has 0 atom stereocenters. The zero-order valence-corrected chi connectivity index (χ0v) is 12.1. The van der Waals surface area contributed by atoms with Gasteiger partial charge in [-0.15, -0.1) is 5.10 Å². The summed E-state index contributed by atoms with van der Waals surface area (Å²) in [5.41, 5.74) is 7.16. The van der Waals surface area contributed by atoms with Crippen molar-refractivity contribution in [3.8, 4) is 0 Å². The summed E-state index contributed by atoms with van der Waals surface area (Å²) in [6.07, 6.45) is 0.881. The molecule has 0 aliphatic rings. The third-order valence-electron chi connectivity index (χ3n) is 2.60. The lowest BCUT2D eigenvalue weighted by atomic mass is 10.2. The van der Waals surface area contributed by atoms with Gasteiger partial charge < -0.3 is 5.73 Å².